The van der Waals surface area contributed by atoms with Crippen molar-refractivity contribution in [2.45, 2.75) is 26.3 Å². The molecule has 2 rings (SSSR count). The van der Waals surface area contributed by atoms with Crippen molar-refractivity contribution in [2.75, 3.05) is 31.6 Å². The summed E-state index contributed by atoms with van der Waals surface area (Å²) in [6.07, 6.45) is 2.25. The van der Waals surface area contributed by atoms with Crippen LogP contribution in [0.3, 0.4) is 0 Å². The lowest BCUT2D eigenvalue weighted by molar-refractivity contribution is 0.185. The highest BCUT2D eigenvalue weighted by molar-refractivity contribution is 5.16. The van der Waals surface area contributed by atoms with Crippen molar-refractivity contribution < 1.29 is 9.15 Å². The van der Waals surface area contributed by atoms with Gasteiger partial charge in [-0.1, -0.05) is 12.0 Å². The summed E-state index contributed by atoms with van der Waals surface area (Å²) in [5.41, 5.74) is 0. The number of hydrogen-bond acceptors (Lipinski definition) is 6. The molecule has 1 aromatic heterocycles. The van der Waals surface area contributed by atoms with Crippen LogP contribution in [0.15, 0.2) is 4.42 Å². The van der Waals surface area contributed by atoms with E-state index in [0.29, 0.717) is 24.4 Å². The van der Waals surface area contributed by atoms with Crippen LogP contribution in [-0.4, -0.2) is 36.5 Å². The van der Waals surface area contributed by atoms with Crippen LogP contribution in [0.2, 0.25) is 0 Å². The minimum Gasteiger partial charge on any atom is -0.407 e. The molecule has 0 radical (unpaired) electrons. The maximum Gasteiger partial charge on any atom is 0.315 e. The van der Waals surface area contributed by atoms with Gasteiger partial charge in [-0.05, 0) is 25.3 Å². The highest BCUT2D eigenvalue weighted by atomic mass is 16.5. The standard InChI is InChI=1S/C11H20N4O2/c1-2-12-7-10-14-15-11(17-10)13-5-3-9-4-6-16-8-9/h9,12H,2-8H2,1H3,(H,13,15). The first kappa shape index (κ1) is 12.3. The zero-order chi connectivity index (χ0) is 11.9. The summed E-state index contributed by atoms with van der Waals surface area (Å²) >= 11 is 0. The van der Waals surface area contributed by atoms with Crippen LogP contribution in [-0.2, 0) is 11.3 Å². The van der Waals surface area contributed by atoms with Gasteiger partial charge in [0.1, 0.15) is 0 Å². The molecule has 1 fully saturated rings. The number of aromatic nitrogens is 2. The lowest BCUT2D eigenvalue weighted by Crippen LogP contribution is -2.11. The Morgan fingerprint density at radius 2 is 2.35 bits per heavy atom. The van der Waals surface area contributed by atoms with Gasteiger partial charge < -0.3 is 19.8 Å². The average molecular weight is 240 g/mol. The van der Waals surface area contributed by atoms with Crippen LogP contribution in [0.4, 0.5) is 6.01 Å². The number of rotatable bonds is 7. The average Bonchev–Trinajstić information content (AvgIpc) is 2.98. The van der Waals surface area contributed by atoms with Crippen molar-refractivity contribution in [3.05, 3.63) is 5.89 Å². The number of ether oxygens (including phenoxy) is 1. The lowest BCUT2D eigenvalue weighted by atomic mass is 10.1. The van der Waals surface area contributed by atoms with E-state index in [-0.39, 0.29) is 0 Å². The molecule has 1 saturated heterocycles. The second-order valence-electron chi connectivity index (χ2n) is 4.23. The Labute approximate surface area is 101 Å². The maximum atomic E-state index is 5.42. The highest BCUT2D eigenvalue weighted by Gasteiger charge is 2.15. The van der Waals surface area contributed by atoms with Crippen LogP contribution in [0, 0.1) is 5.92 Å². The van der Waals surface area contributed by atoms with Gasteiger partial charge in [0.2, 0.25) is 5.89 Å². The molecule has 2 heterocycles. The van der Waals surface area contributed by atoms with E-state index in [1.54, 1.807) is 0 Å². The number of nitrogens with one attached hydrogen (secondary N) is 2. The molecule has 96 valence electrons. The lowest BCUT2D eigenvalue weighted by Gasteiger charge is -2.06. The smallest absolute Gasteiger partial charge is 0.315 e. The normalized spacial score (nSPS) is 19.7. The van der Waals surface area contributed by atoms with Crippen LogP contribution in [0.25, 0.3) is 0 Å². The van der Waals surface area contributed by atoms with Gasteiger partial charge in [-0.15, -0.1) is 5.10 Å². The zero-order valence-corrected chi connectivity index (χ0v) is 10.2. The summed E-state index contributed by atoms with van der Waals surface area (Å²) in [5, 5.41) is 14.2. The second-order valence-corrected chi connectivity index (χ2v) is 4.23. The van der Waals surface area contributed by atoms with E-state index in [1.807, 2.05) is 6.92 Å². The molecule has 0 bridgehead atoms. The largest absolute Gasteiger partial charge is 0.407 e. The fourth-order valence-electron chi connectivity index (χ4n) is 1.82. The highest BCUT2D eigenvalue weighted by Crippen LogP contribution is 2.16. The molecule has 0 saturated carbocycles. The molecule has 1 aliphatic rings. The van der Waals surface area contributed by atoms with Crippen LogP contribution in [0.1, 0.15) is 25.7 Å². The molecular weight excluding hydrogens is 220 g/mol. The Bertz CT molecular complexity index is 323. The molecule has 2 N–H and O–H groups in total. The van der Waals surface area contributed by atoms with Crippen molar-refractivity contribution in [1.29, 1.82) is 0 Å². The first-order valence-electron chi connectivity index (χ1n) is 6.23. The number of hydrogen-bond donors (Lipinski definition) is 2. The van der Waals surface area contributed by atoms with Gasteiger partial charge >= 0.3 is 6.01 Å². The molecule has 1 aliphatic heterocycles. The summed E-state index contributed by atoms with van der Waals surface area (Å²) in [5.74, 6) is 1.30. The Hall–Kier alpha value is -1.14. The first-order valence-corrected chi connectivity index (χ1v) is 6.23. The van der Waals surface area contributed by atoms with Crippen LogP contribution >= 0.6 is 0 Å². The summed E-state index contributed by atoms with van der Waals surface area (Å²) in [7, 11) is 0. The van der Waals surface area contributed by atoms with Crippen molar-refractivity contribution in [3.63, 3.8) is 0 Å². The van der Waals surface area contributed by atoms with Crippen molar-refractivity contribution in [3.8, 4) is 0 Å². The Balaban J connectivity index is 1.65. The second kappa shape index (κ2) is 6.56. The molecule has 0 spiro atoms. The molecular formula is C11H20N4O2. The summed E-state index contributed by atoms with van der Waals surface area (Å²) in [4.78, 5) is 0. The van der Waals surface area contributed by atoms with Gasteiger partial charge in [-0.25, -0.2) is 0 Å². The van der Waals surface area contributed by atoms with Gasteiger partial charge in [0.25, 0.3) is 0 Å². The van der Waals surface area contributed by atoms with Gasteiger partial charge in [0.15, 0.2) is 0 Å². The molecule has 1 unspecified atom stereocenters. The Kier molecular flexibility index (Phi) is 4.75. The van der Waals surface area contributed by atoms with Gasteiger partial charge in [-0.2, -0.15) is 0 Å². The third-order valence-electron chi connectivity index (χ3n) is 2.85. The van der Waals surface area contributed by atoms with Gasteiger partial charge in [0.05, 0.1) is 6.54 Å². The molecule has 0 aromatic carbocycles. The number of nitrogens with zero attached hydrogens (tertiary/aromatic N) is 2. The quantitative estimate of drug-likeness (QED) is 0.741. The van der Waals surface area contributed by atoms with E-state index in [9.17, 15) is 0 Å². The fraction of sp³-hybridized carbons (Fsp3) is 0.818. The Morgan fingerprint density at radius 1 is 1.41 bits per heavy atom. The van der Waals surface area contributed by atoms with E-state index in [0.717, 1.165) is 39.1 Å². The minimum atomic E-state index is 0.511. The molecule has 0 aliphatic carbocycles. The molecule has 0 amide bonds. The zero-order valence-electron chi connectivity index (χ0n) is 10.2. The Morgan fingerprint density at radius 3 is 3.12 bits per heavy atom. The first-order chi connectivity index (χ1) is 8.38. The monoisotopic (exact) mass is 240 g/mol. The maximum absolute atomic E-state index is 5.42. The van der Waals surface area contributed by atoms with Crippen LogP contribution in [0.5, 0.6) is 0 Å². The van der Waals surface area contributed by atoms with E-state index in [1.165, 1.54) is 0 Å². The van der Waals surface area contributed by atoms with E-state index in [2.05, 4.69) is 20.8 Å². The topological polar surface area (TPSA) is 72.2 Å². The summed E-state index contributed by atoms with van der Waals surface area (Å²) < 4.78 is 10.7. The third-order valence-corrected chi connectivity index (χ3v) is 2.85. The van der Waals surface area contributed by atoms with E-state index >= 15 is 0 Å². The molecule has 6 heteroatoms. The molecule has 6 nitrogen and oxygen atoms in total. The third kappa shape index (κ3) is 3.98. The van der Waals surface area contributed by atoms with Crippen molar-refractivity contribution in [2.24, 2.45) is 5.92 Å². The van der Waals surface area contributed by atoms with Crippen LogP contribution < -0.4 is 10.6 Å². The van der Waals surface area contributed by atoms with Crippen molar-refractivity contribution >= 4 is 6.01 Å². The SMILES string of the molecule is CCNCc1nnc(NCCC2CCOC2)o1. The predicted octanol–water partition coefficient (Wildman–Crippen LogP) is 1.02. The molecule has 1 atom stereocenters. The molecule has 1 aromatic rings. The van der Waals surface area contributed by atoms with E-state index in [4.69, 9.17) is 9.15 Å². The predicted molar refractivity (Wildman–Crippen MR) is 63.7 cm³/mol. The van der Waals surface area contributed by atoms with Gasteiger partial charge in [0, 0.05) is 19.8 Å². The van der Waals surface area contributed by atoms with Gasteiger partial charge in [-0.3, -0.25) is 0 Å². The fourth-order valence-corrected chi connectivity index (χ4v) is 1.82. The van der Waals surface area contributed by atoms with E-state index < -0.39 is 0 Å². The minimum absolute atomic E-state index is 0.511. The molecule has 17 heavy (non-hydrogen) atoms. The summed E-state index contributed by atoms with van der Waals surface area (Å²) in [6.45, 7) is 6.21. The summed E-state index contributed by atoms with van der Waals surface area (Å²) in [6, 6.07) is 0.511. The number of anilines is 1. The van der Waals surface area contributed by atoms with Crippen molar-refractivity contribution in [1.82, 2.24) is 15.5 Å².